The number of ether oxygens (including phenoxy) is 1. The molecule has 0 spiro atoms. The van der Waals surface area contributed by atoms with Crippen LogP contribution in [0.2, 0.25) is 0 Å². The van der Waals surface area contributed by atoms with Gasteiger partial charge in [0.25, 0.3) is 0 Å². The summed E-state index contributed by atoms with van der Waals surface area (Å²) in [6, 6.07) is 12.0. The minimum atomic E-state index is 0.0457. The molecule has 0 amide bonds. The fraction of sp³-hybridized carbons (Fsp3) is 0.312. The quantitative estimate of drug-likeness (QED) is 0.924. The Morgan fingerprint density at radius 2 is 1.95 bits per heavy atom. The first-order valence-corrected chi connectivity index (χ1v) is 6.71. The highest BCUT2D eigenvalue weighted by Crippen LogP contribution is 2.28. The molecule has 2 rings (SSSR count). The third-order valence-electron chi connectivity index (χ3n) is 2.95. The van der Waals surface area contributed by atoms with Gasteiger partial charge in [-0.05, 0) is 50.6 Å². The lowest BCUT2D eigenvalue weighted by molar-refractivity contribution is 0.234. The molecule has 0 saturated carbocycles. The van der Waals surface area contributed by atoms with Crippen LogP contribution in [0.5, 0.6) is 5.88 Å². The third kappa shape index (κ3) is 3.20. The second-order valence-electron chi connectivity index (χ2n) is 5.13. The molecule has 0 atom stereocenters. The first-order chi connectivity index (χ1) is 9.47. The maximum absolute atomic E-state index is 5.89. The zero-order valence-corrected chi connectivity index (χ0v) is 12.4. The Balaban J connectivity index is 2.32. The van der Waals surface area contributed by atoms with E-state index in [-0.39, 0.29) is 6.10 Å². The van der Waals surface area contributed by atoms with Gasteiger partial charge in [-0.2, -0.15) is 4.98 Å². The summed E-state index contributed by atoms with van der Waals surface area (Å²) in [6.45, 7) is 5.98. The van der Waals surface area contributed by atoms with Crippen molar-refractivity contribution in [2.45, 2.75) is 26.9 Å². The van der Waals surface area contributed by atoms with Crippen LogP contribution in [0, 0.1) is 6.92 Å². The maximum atomic E-state index is 5.89. The Kier molecular flexibility index (Phi) is 4.13. The number of pyridine rings is 1. The van der Waals surface area contributed by atoms with E-state index in [0.717, 1.165) is 11.5 Å². The molecule has 20 heavy (non-hydrogen) atoms. The van der Waals surface area contributed by atoms with Crippen molar-refractivity contribution >= 4 is 17.2 Å². The molecule has 106 valence electrons. The molecule has 1 aromatic carbocycles. The number of hydrogen-bond acceptors (Lipinski definition) is 4. The van der Waals surface area contributed by atoms with Gasteiger partial charge in [-0.1, -0.05) is 12.1 Å². The monoisotopic (exact) mass is 271 g/mol. The minimum Gasteiger partial charge on any atom is -0.473 e. The van der Waals surface area contributed by atoms with Gasteiger partial charge in [-0.15, -0.1) is 0 Å². The summed E-state index contributed by atoms with van der Waals surface area (Å²) in [5.41, 5.74) is 8.74. The van der Waals surface area contributed by atoms with E-state index in [1.165, 1.54) is 5.56 Å². The van der Waals surface area contributed by atoms with Crippen molar-refractivity contribution in [3.8, 4) is 5.88 Å². The first-order valence-electron chi connectivity index (χ1n) is 6.71. The van der Waals surface area contributed by atoms with Gasteiger partial charge >= 0.3 is 0 Å². The molecule has 0 unspecified atom stereocenters. The van der Waals surface area contributed by atoms with E-state index in [0.29, 0.717) is 11.6 Å². The molecular formula is C16H21N3O. The molecule has 0 fully saturated rings. The third-order valence-corrected chi connectivity index (χ3v) is 2.95. The van der Waals surface area contributed by atoms with Gasteiger partial charge in [0.15, 0.2) is 0 Å². The molecule has 2 N–H and O–H groups in total. The summed E-state index contributed by atoms with van der Waals surface area (Å²) in [4.78, 5) is 6.51. The van der Waals surface area contributed by atoms with E-state index in [4.69, 9.17) is 10.5 Å². The number of nitrogen functional groups attached to an aromatic ring is 1. The standard InChI is InChI=1S/C16H21N3O/c1-11(2)20-16-14(17)8-9-15(18-16)19(4)13-7-5-6-12(3)10-13/h5-11H,17H2,1-4H3. The minimum absolute atomic E-state index is 0.0457. The van der Waals surface area contributed by atoms with Gasteiger partial charge in [-0.3, -0.25) is 0 Å². The van der Waals surface area contributed by atoms with Crippen molar-refractivity contribution in [3.63, 3.8) is 0 Å². The smallest absolute Gasteiger partial charge is 0.239 e. The summed E-state index contributed by atoms with van der Waals surface area (Å²) in [5.74, 6) is 1.29. The average Bonchev–Trinajstić information content (AvgIpc) is 2.40. The zero-order chi connectivity index (χ0) is 14.7. The van der Waals surface area contributed by atoms with Gasteiger partial charge in [0, 0.05) is 12.7 Å². The van der Waals surface area contributed by atoms with Gasteiger partial charge < -0.3 is 15.4 Å². The van der Waals surface area contributed by atoms with Crippen molar-refractivity contribution in [2.24, 2.45) is 0 Å². The van der Waals surface area contributed by atoms with E-state index in [9.17, 15) is 0 Å². The summed E-state index contributed by atoms with van der Waals surface area (Å²) in [6.07, 6.45) is 0.0457. The van der Waals surface area contributed by atoms with Crippen molar-refractivity contribution in [1.29, 1.82) is 0 Å². The Hall–Kier alpha value is -2.23. The molecule has 4 nitrogen and oxygen atoms in total. The predicted octanol–water partition coefficient (Wildman–Crippen LogP) is 3.53. The summed E-state index contributed by atoms with van der Waals surface area (Å²) in [7, 11) is 1.98. The molecule has 0 aliphatic heterocycles. The first kappa shape index (κ1) is 14.2. The second kappa shape index (κ2) is 5.82. The predicted molar refractivity (Wildman–Crippen MR) is 83.7 cm³/mol. The van der Waals surface area contributed by atoms with E-state index in [2.05, 4.69) is 24.0 Å². The van der Waals surface area contributed by atoms with Gasteiger partial charge in [0.1, 0.15) is 5.82 Å². The highest BCUT2D eigenvalue weighted by Gasteiger charge is 2.10. The van der Waals surface area contributed by atoms with Crippen LogP contribution in [0.15, 0.2) is 36.4 Å². The zero-order valence-electron chi connectivity index (χ0n) is 12.4. The topological polar surface area (TPSA) is 51.4 Å². The van der Waals surface area contributed by atoms with Crippen LogP contribution >= 0.6 is 0 Å². The number of aryl methyl sites for hydroxylation is 1. The number of anilines is 3. The largest absolute Gasteiger partial charge is 0.473 e. The second-order valence-corrected chi connectivity index (χ2v) is 5.13. The molecular weight excluding hydrogens is 250 g/mol. The summed E-state index contributed by atoms with van der Waals surface area (Å²) in [5, 5.41) is 0. The van der Waals surface area contributed by atoms with Crippen molar-refractivity contribution in [3.05, 3.63) is 42.0 Å². The lowest BCUT2D eigenvalue weighted by Crippen LogP contribution is -2.14. The molecule has 0 saturated heterocycles. The van der Waals surface area contributed by atoms with Crippen LogP contribution in [0.1, 0.15) is 19.4 Å². The van der Waals surface area contributed by atoms with Crippen LogP contribution in [-0.4, -0.2) is 18.1 Å². The number of nitrogens with two attached hydrogens (primary N) is 1. The molecule has 1 aromatic heterocycles. The van der Waals surface area contributed by atoms with Crippen molar-refractivity contribution in [1.82, 2.24) is 4.98 Å². The fourth-order valence-electron chi connectivity index (χ4n) is 1.91. The van der Waals surface area contributed by atoms with E-state index in [1.54, 1.807) is 0 Å². The lowest BCUT2D eigenvalue weighted by Gasteiger charge is -2.20. The molecule has 1 heterocycles. The van der Waals surface area contributed by atoms with Crippen LogP contribution in [0.4, 0.5) is 17.2 Å². The number of aromatic nitrogens is 1. The summed E-state index contributed by atoms with van der Waals surface area (Å²) < 4.78 is 5.63. The Bertz CT molecular complexity index is 596. The highest BCUT2D eigenvalue weighted by atomic mass is 16.5. The van der Waals surface area contributed by atoms with Crippen molar-refractivity contribution in [2.75, 3.05) is 17.7 Å². The van der Waals surface area contributed by atoms with Crippen LogP contribution in [0.3, 0.4) is 0 Å². The van der Waals surface area contributed by atoms with Crippen LogP contribution < -0.4 is 15.4 Å². The number of rotatable bonds is 4. The SMILES string of the molecule is Cc1cccc(N(C)c2ccc(N)c(OC(C)C)n2)c1. The molecule has 4 heteroatoms. The van der Waals surface area contributed by atoms with Crippen molar-refractivity contribution < 1.29 is 4.74 Å². The number of benzene rings is 1. The average molecular weight is 271 g/mol. The highest BCUT2D eigenvalue weighted by molar-refractivity contribution is 5.63. The molecule has 0 radical (unpaired) electrons. The van der Waals surface area contributed by atoms with Gasteiger partial charge in [0.05, 0.1) is 11.8 Å². The maximum Gasteiger partial charge on any atom is 0.239 e. The normalized spacial score (nSPS) is 10.7. The molecule has 2 aromatic rings. The fourth-order valence-corrected chi connectivity index (χ4v) is 1.91. The molecule has 0 aliphatic carbocycles. The number of nitrogens with zero attached hydrogens (tertiary/aromatic N) is 2. The van der Waals surface area contributed by atoms with E-state index in [1.807, 2.05) is 50.1 Å². The molecule has 0 aliphatic rings. The van der Waals surface area contributed by atoms with E-state index >= 15 is 0 Å². The number of hydrogen-bond donors (Lipinski definition) is 1. The van der Waals surface area contributed by atoms with Crippen LogP contribution in [0.25, 0.3) is 0 Å². The lowest BCUT2D eigenvalue weighted by atomic mass is 10.2. The van der Waals surface area contributed by atoms with Crippen LogP contribution in [-0.2, 0) is 0 Å². The van der Waals surface area contributed by atoms with E-state index < -0.39 is 0 Å². The molecule has 0 bridgehead atoms. The summed E-state index contributed by atoms with van der Waals surface area (Å²) >= 11 is 0. The van der Waals surface area contributed by atoms with Gasteiger partial charge in [-0.25, -0.2) is 0 Å². The Labute approximate surface area is 120 Å². The Morgan fingerprint density at radius 1 is 1.20 bits per heavy atom. The van der Waals surface area contributed by atoms with Gasteiger partial charge in [0.2, 0.25) is 5.88 Å². The Morgan fingerprint density at radius 3 is 2.60 bits per heavy atom.